The first-order valence-electron chi connectivity index (χ1n) is 10.7. The zero-order valence-corrected chi connectivity index (χ0v) is 21.7. The second-order valence-corrected chi connectivity index (χ2v) is 22.3. The van der Waals surface area contributed by atoms with Crippen molar-refractivity contribution >= 4 is 27.2 Å². The van der Waals surface area contributed by atoms with Gasteiger partial charge in [-0.05, 0) is 0 Å². The van der Waals surface area contributed by atoms with E-state index < -0.39 is 27.2 Å². The molecule has 0 amide bonds. The zero-order chi connectivity index (χ0) is 19.0. The molecule has 0 aliphatic heterocycles. The van der Waals surface area contributed by atoms with Gasteiger partial charge in [0.25, 0.3) is 0 Å². The monoisotopic (exact) mass is 480 g/mol. The normalized spacial score (nSPS) is 13.0. The minimum absolute atomic E-state index is 0.651. The maximum atomic E-state index is 6.06. The molecule has 0 radical (unpaired) electrons. The van der Waals surface area contributed by atoms with Crippen LogP contribution in [0, 0.1) is 0 Å². The van der Waals surface area contributed by atoms with Gasteiger partial charge < -0.3 is 0 Å². The number of hydrogen-bond donors (Lipinski definition) is 0. The Bertz CT molecular complexity index is 298. The Morgan fingerprint density at radius 3 is 1.28 bits per heavy atom. The van der Waals surface area contributed by atoms with Crippen LogP contribution in [0.1, 0.15) is 80.1 Å². The molecule has 0 rings (SSSR count). The number of unbranched alkanes of at least 4 members (excludes halogenated alkanes) is 3. The van der Waals surface area contributed by atoms with Crippen molar-refractivity contribution in [3.05, 3.63) is 9.79 Å². The van der Waals surface area contributed by atoms with Crippen molar-refractivity contribution in [2.45, 2.75) is 93.4 Å². The molecule has 0 saturated carbocycles. The molecule has 0 aliphatic carbocycles. The van der Waals surface area contributed by atoms with Gasteiger partial charge >= 0.3 is 163 Å². The fourth-order valence-corrected chi connectivity index (χ4v) is 23.1. The molecular weight excluding hydrogens is 435 g/mol. The third-order valence-electron chi connectivity index (χ3n) is 4.76. The summed E-state index contributed by atoms with van der Waals surface area (Å²) in [5, 5.41) is 0. The summed E-state index contributed by atoms with van der Waals surface area (Å²) in [6.45, 7) is 15.0. The Hall–Kier alpha value is 0.636. The maximum absolute atomic E-state index is 6.06. The van der Waals surface area contributed by atoms with E-state index in [4.69, 9.17) is 13.3 Å². The van der Waals surface area contributed by atoms with Crippen LogP contribution in [0.2, 0.25) is 13.3 Å². The van der Waals surface area contributed by atoms with E-state index in [1.807, 2.05) is 20.8 Å². The molecule has 0 aliphatic rings. The molecule has 0 heterocycles. The summed E-state index contributed by atoms with van der Waals surface area (Å²) in [5.74, 6) is 0. The van der Waals surface area contributed by atoms with Gasteiger partial charge in [0, 0.05) is 0 Å². The molecular formula is C20H44O3SiSn. The quantitative estimate of drug-likeness (QED) is 0.223. The van der Waals surface area contributed by atoms with Gasteiger partial charge in [0.1, 0.15) is 0 Å². The van der Waals surface area contributed by atoms with Crippen LogP contribution in [-0.4, -0.2) is 47.0 Å². The predicted octanol–water partition coefficient (Wildman–Crippen LogP) is 6.52. The Kier molecular flexibility index (Phi) is 16.1. The Morgan fingerprint density at radius 1 is 0.640 bits per heavy atom. The van der Waals surface area contributed by atoms with Crippen molar-refractivity contribution in [1.29, 1.82) is 0 Å². The fraction of sp³-hybridized carbons (Fsp3) is 0.900. The summed E-state index contributed by atoms with van der Waals surface area (Å²) in [6, 6.07) is 0. The molecule has 0 fully saturated rings. The van der Waals surface area contributed by atoms with Crippen molar-refractivity contribution in [2.75, 3.05) is 19.8 Å². The third kappa shape index (κ3) is 10.5. The van der Waals surface area contributed by atoms with E-state index in [2.05, 4.69) is 30.6 Å². The van der Waals surface area contributed by atoms with Crippen molar-refractivity contribution < 1.29 is 13.3 Å². The second kappa shape index (κ2) is 15.7. The average molecular weight is 479 g/mol. The number of rotatable bonds is 17. The molecule has 150 valence electrons. The van der Waals surface area contributed by atoms with Crippen LogP contribution in [0.4, 0.5) is 0 Å². The van der Waals surface area contributed by atoms with Gasteiger partial charge in [-0.2, -0.15) is 0 Å². The predicted molar refractivity (Wildman–Crippen MR) is 115 cm³/mol. The van der Waals surface area contributed by atoms with Gasteiger partial charge in [0.05, 0.1) is 0 Å². The van der Waals surface area contributed by atoms with E-state index in [0.29, 0.717) is 19.8 Å². The SMILES string of the molecule is CCC[CH2][Sn]([CH]=C[Si](OCC)(OCC)OCC)([CH2]CCC)[CH2]CCC. The molecule has 0 spiro atoms. The Balaban J connectivity index is 5.55. The zero-order valence-electron chi connectivity index (χ0n) is 17.9. The van der Waals surface area contributed by atoms with Gasteiger partial charge in [-0.3, -0.25) is 0 Å². The van der Waals surface area contributed by atoms with Crippen molar-refractivity contribution in [3.63, 3.8) is 0 Å². The standard InChI is InChI=1S/C8H17O3Si.3C4H9.Sn/c1-5-9-12(8-4,10-6-2)11-7-3;3*1-3-4-2;/h4,8H,5-7H2,1-3H3;3*1,3-4H2,2H3;. The van der Waals surface area contributed by atoms with Crippen LogP contribution in [0.5, 0.6) is 0 Å². The molecule has 0 aromatic heterocycles. The van der Waals surface area contributed by atoms with Crippen molar-refractivity contribution in [3.8, 4) is 0 Å². The summed E-state index contributed by atoms with van der Waals surface area (Å²) < 4.78 is 25.2. The van der Waals surface area contributed by atoms with Gasteiger partial charge in [-0.1, -0.05) is 0 Å². The Morgan fingerprint density at radius 2 is 1.00 bits per heavy atom. The van der Waals surface area contributed by atoms with Gasteiger partial charge in [0.15, 0.2) is 0 Å². The molecule has 0 aromatic carbocycles. The summed E-state index contributed by atoms with van der Waals surface area (Å²) in [6.07, 6.45) is 8.03. The van der Waals surface area contributed by atoms with Gasteiger partial charge in [0.2, 0.25) is 0 Å². The summed E-state index contributed by atoms with van der Waals surface area (Å²) in [4.78, 5) is 0. The van der Waals surface area contributed by atoms with E-state index in [1.165, 1.54) is 51.8 Å². The minimum atomic E-state index is -2.65. The molecule has 0 bridgehead atoms. The van der Waals surface area contributed by atoms with Gasteiger partial charge in [-0.15, -0.1) is 0 Å². The van der Waals surface area contributed by atoms with Crippen molar-refractivity contribution in [1.82, 2.24) is 0 Å². The topological polar surface area (TPSA) is 27.7 Å². The molecule has 25 heavy (non-hydrogen) atoms. The number of hydrogen-bond acceptors (Lipinski definition) is 3. The van der Waals surface area contributed by atoms with E-state index in [0.717, 1.165) is 0 Å². The first kappa shape index (κ1) is 25.6. The molecule has 0 saturated heterocycles. The van der Waals surface area contributed by atoms with Crippen LogP contribution < -0.4 is 0 Å². The third-order valence-corrected chi connectivity index (χ3v) is 22.4. The first-order valence-corrected chi connectivity index (χ1v) is 20.2. The van der Waals surface area contributed by atoms with Crippen LogP contribution in [0.3, 0.4) is 0 Å². The molecule has 5 heteroatoms. The van der Waals surface area contributed by atoms with E-state index in [9.17, 15) is 0 Å². The van der Waals surface area contributed by atoms with Crippen LogP contribution in [0.25, 0.3) is 0 Å². The van der Waals surface area contributed by atoms with Crippen molar-refractivity contribution in [2.24, 2.45) is 0 Å². The van der Waals surface area contributed by atoms with E-state index >= 15 is 0 Å². The van der Waals surface area contributed by atoms with Crippen LogP contribution in [0.15, 0.2) is 9.79 Å². The van der Waals surface area contributed by atoms with E-state index in [1.54, 1.807) is 0 Å². The average Bonchev–Trinajstić information content (AvgIpc) is 2.61. The summed E-state index contributed by atoms with van der Waals surface area (Å²) >= 11 is -2.32. The second-order valence-electron chi connectivity index (χ2n) is 6.91. The molecule has 0 atom stereocenters. The molecule has 0 aromatic rings. The summed E-state index contributed by atoms with van der Waals surface area (Å²) in [7, 11) is -2.65. The Labute approximate surface area is 163 Å². The van der Waals surface area contributed by atoms with Crippen LogP contribution in [-0.2, 0) is 13.3 Å². The summed E-state index contributed by atoms with van der Waals surface area (Å²) in [5.41, 5.74) is 2.29. The van der Waals surface area contributed by atoms with Crippen LogP contribution >= 0.6 is 0 Å². The molecule has 0 N–H and O–H groups in total. The molecule has 0 unspecified atom stereocenters. The molecule has 3 nitrogen and oxygen atoms in total. The van der Waals surface area contributed by atoms with Gasteiger partial charge in [-0.25, -0.2) is 0 Å². The fourth-order valence-electron chi connectivity index (χ4n) is 3.36. The first-order chi connectivity index (χ1) is 12.1. The van der Waals surface area contributed by atoms with E-state index in [-0.39, 0.29) is 0 Å².